The van der Waals surface area contributed by atoms with Gasteiger partial charge in [0.25, 0.3) is 0 Å². The van der Waals surface area contributed by atoms with Crippen molar-refractivity contribution in [3.8, 4) is 0 Å². The summed E-state index contributed by atoms with van der Waals surface area (Å²) in [5, 5.41) is 2.89. The summed E-state index contributed by atoms with van der Waals surface area (Å²) in [4.78, 5) is 27.0. The maximum absolute atomic E-state index is 12.2. The van der Waals surface area contributed by atoms with Gasteiger partial charge in [0.05, 0.1) is 18.0 Å². The monoisotopic (exact) mass is 329 g/mol. The smallest absolute Gasteiger partial charge is 0.240 e. The van der Waals surface area contributed by atoms with Gasteiger partial charge in [-0.3, -0.25) is 9.59 Å². The van der Waals surface area contributed by atoms with Gasteiger partial charge in [0.1, 0.15) is 6.54 Å². The van der Waals surface area contributed by atoms with Crippen molar-refractivity contribution in [2.24, 2.45) is 7.05 Å². The summed E-state index contributed by atoms with van der Waals surface area (Å²) in [6.45, 7) is 2.54. The fourth-order valence-corrected chi connectivity index (χ4v) is 3.50. The van der Waals surface area contributed by atoms with Gasteiger partial charge in [0.15, 0.2) is 0 Å². The first kappa shape index (κ1) is 15.7. The minimum absolute atomic E-state index is 0.0291. The number of rotatable bonds is 4. The highest BCUT2D eigenvalue weighted by Crippen LogP contribution is 2.34. The van der Waals surface area contributed by atoms with Crippen molar-refractivity contribution in [2.45, 2.75) is 18.4 Å². The molecular weight excluding hydrogens is 310 g/mol. The van der Waals surface area contributed by atoms with E-state index in [0.29, 0.717) is 12.3 Å². The molecule has 1 N–H and O–H groups in total. The van der Waals surface area contributed by atoms with E-state index in [1.807, 2.05) is 54.9 Å². The number of amides is 2. The van der Waals surface area contributed by atoms with Gasteiger partial charge in [-0.25, -0.2) is 0 Å². The fourth-order valence-electron chi connectivity index (χ4n) is 2.56. The lowest BCUT2D eigenvalue weighted by Crippen LogP contribution is -2.43. The first-order chi connectivity index (χ1) is 11.1. The van der Waals surface area contributed by atoms with Crippen LogP contribution in [0, 0.1) is 6.92 Å². The second kappa shape index (κ2) is 6.50. The Bertz CT molecular complexity index is 754. The van der Waals surface area contributed by atoms with Gasteiger partial charge in [-0.05, 0) is 31.2 Å². The Kier molecular flexibility index (Phi) is 4.43. The molecule has 1 aliphatic heterocycles. The molecule has 0 unspecified atom stereocenters. The maximum Gasteiger partial charge on any atom is 0.240 e. The minimum atomic E-state index is -0.154. The topological polar surface area (TPSA) is 54.3 Å². The zero-order valence-electron chi connectivity index (χ0n) is 13.2. The molecule has 0 saturated heterocycles. The van der Waals surface area contributed by atoms with E-state index in [-0.39, 0.29) is 18.4 Å². The molecule has 0 fully saturated rings. The molecule has 3 rings (SSSR count). The van der Waals surface area contributed by atoms with Crippen LogP contribution in [0.3, 0.4) is 0 Å². The number of aryl methyl sites for hydroxylation is 1. The Morgan fingerprint density at radius 2 is 2.04 bits per heavy atom. The van der Waals surface area contributed by atoms with E-state index in [2.05, 4.69) is 5.32 Å². The number of nitrogens with zero attached hydrogens (tertiary/aromatic N) is 2. The van der Waals surface area contributed by atoms with Gasteiger partial charge in [-0.15, -0.1) is 11.8 Å². The van der Waals surface area contributed by atoms with E-state index in [9.17, 15) is 9.59 Å². The van der Waals surface area contributed by atoms with Crippen molar-refractivity contribution in [1.29, 1.82) is 0 Å². The summed E-state index contributed by atoms with van der Waals surface area (Å²) in [5.74, 6) is 0.193. The van der Waals surface area contributed by atoms with Crippen molar-refractivity contribution >= 4 is 29.3 Å². The predicted octanol–water partition coefficient (Wildman–Crippen LogP) is 2.09. The molecular formula is C17H19N3O2S. The van der Waals surface area contributed by atoms with Crippen molar-refractivity contribution in [1.82, 2.24) is 9.88 Å². The highest BCUT2D eigenvalue weighted by Gasteiger charge is 2.26. The van der Waals surface area contributed by atoms with Crippen LogP contribution in [0.5, 0.6) is 0 Å². The number of para-hydroxylation sites is 1. The predicted molar refractivity (Wildman–Crippen MR) is 91.5 cm³/mol. The van der Waals surface area contributed by atoms with Gasteiger partial charge >= 0.3 is 0 Å². The van der Waals surface area contributed by atoms with Crippen molar-refractivity contribution in [3.63, 3.8) is 0 Å². The average Bonchev–Trinajstić information content (AvgIpc) is 2.87. The van der Waals surface area contributed by atoms with Gasteiger partial charge in [0.2, 0.25) is 11.8 Å². The molecule has 120 valence electrons. The number of thioether (sulfide) groups is 1. The van der Waals surface area contributed by atoms with Gasteiger partial charge in [-0.2, -0.15) is 0 Å². The molecule has 0 bridgehead atoms. The van der Waals surface area contributed by atoms with Crippen LogP contribution in [-0.2, 0) is 23.2 Å². The SMILES string of the molecule is Cc1ccc(CNC(=O)CN2C(=O)CSc3ccccc32)n1C. The van der Waals surface area contributed by atoms with Crippen LogP contribution in [0.4, 0.5) is 5.69 Å². The van der Waals surface area contributed by atoms with E-state index in [4.69, 9.17) is 0 Å². The number of carbonyl (C=O) groups excluding carboxylic acids is 2. The van der Waals surface area contributed by atoms with Crippen LogP contribution in [0.2, 0.25) is 0 Å². The van der Waals surface area contributed by atoms with Gasteiger partial charge < -0.3 is 14.8 Å². The molecule has 0 aliphatic carbocycles. The zero-order valence-corrected chi connectivity index (χ0v) is 14.0. The maximum atomic E-state index is 12.2. The van der Waals surface area contributed by atoms with E-state index in [1.165, 1.54) is 11.8 Å². The average molecular weight is 329 g/mol. The molecule has 1 aromatic heterocycles. The highest BCUT2D eigenvalue weighted by molar-refractivity contribution is 8.00. The first-order valence-corrected chi connectivity index (χ1v) is 8.45. The normalized spacial score (nSPS) is 13.8. The largest absolute Gasteiger partial charge is 0.350 e. The van der Waals surface area contributed by atoms with Crippen LogP contribution in [-0.4, -0.2) is 28.7 Å². The van der Waals surface area contributed by atoms with Crippen molar-refractivity contribution < 1.29 is 9.59 Å². The molecule has 0 saturated carbocycles. The lowest BCUT2D eigenvalue weighted by Gasteiger charge is -2.28. The zero-order chi connectivity index (χ0) is 16.4. The number of fused-ring (bicyclic) bond motifs is 1. The molecule has 1 aromatic carbocycles. The molecule has 23 heavy (non-hydrogen) atoms. The Morgan fingerprint density at radius 3 is 2.78 bits per heavy atom. The Balaban J connectivity index is 1.66. The Hall–Kier alpha value is -2.21. The Labute approximate surface area is 139 Å². The molecule has 0 spiro atoms. The number of hydrogen-bond donors (Lipinski definition) is 1. The van der Waals surface area contributed by atoms with Crippen molar-refractivity contribution in [3.05, 3.63) is 47.8 Å². The second-order valence-electron chi connectivity index (χ2n) is 5.54. The third-order valence-corrected chi connectivity index (χ3v) is 5.10. The van der Waals surface area contributed by atoms with Crippen LogP contribution >= 0.6 is 11.8 Å². The van der Waals surface area contributed by atoms with Crippen LogP contribution in [0.25, 0.3) is 0 Å². The second-order valence-corrected chi connectivity index (χ2v) is 6.56. The highest BCUT2D eigenvalue weighted by atomic mass is 32.2. The van der Waals surface area contributed by atoms with Gasteiger partial charge in [-0.1, -0.05) is 12.1 Å². The number of hydrogen-bond acceptors (Lipinski definition) is 3. The summed E-state index contributed by atoms with van der Waals surface area (Å²) in [6.07, 6.45) is 0. The summed E-state index contributed by atoms with van der Waals surface area (Å²) < 4.78 is 2.04. The van der Waals surface area contributed by atoms with E-state index >= 15 is 0 Å². The third-order valence-electron chi connectivity index (χ3n) is 4.05. The lowest BCUT2D eigenvalue weighted by molar-refractivity contribution is -0.123. The lowest BCUT2D eigenvalue weighted by atomic mass is 10.2. The summed E-state index contributed by atoms with van der Waals surface area (Å²) in [6, 6.07) is 11.7. The fraction of sp³-hybridized carbons (Fsp3) is 0.294. The molecule has 5 nitrogen and oxygen atoms in total. The first-order valence-electron chi connectivity index (χ1n) is 7.46. The number of anilines is 1. The summed E-state index contributed by atoms with van der Waals surface area (Å²) in [5.41, 5.74) is 3.00. The quantitative estimate of drug-likeness (QED) is 0.934. The van der Waals surface area contributed by atoms with E-state index in [1.54, 1.807) is 4.90 Å². The molecule has 2 aromatic rings. The molecule has 6 heteroatoms. The molecule has 1 aliphatic rings. The number of aromatic nitrogens is 1. The summed E-state index contributed by atoms with van der Waals surface area (Å²) >= 11 is 1.52. The number of nitrogens with one attached hydrogen (secondary N) is 1. The van der Waals surface area contributed by atoms with Gasteiger partial charge in [0, 0.05) is 23.3 Å². The number of carbonyl (C=O) groups is 2. The van der Waals surface area contributed by atoms with E-state index in [0.717, 1.165) is 22.0 Å². The third kappa shape index (κ3) is 3.27. The van der Waals surface area contributed by atoms with Crippen molar-refractivity contribution in [2.75, 3.05) is 17.2 Å². The summed E-state index contributed by atoms with van der Waals surface area (Å²) in [7, 11) is 1.97. The standard InChI is InChI=1S/C17H19N3O2S/c1-12-7-8-13(19(12)2)9-18-16(21)10-20-14-5-3-4-6-15(14)23-11-17(20)22/h3-8H,9-11H2,1-2H3,(H,18,21). The minimum Gasteiger partial charge on any atom is -0.350 e. The van der Waals surface area contributed by atoms with E-state index < -0.39 is 0 Å². The van der Waals surface area contributed by atoms with Crippen LogP contribution in [0.1, 0.15) is 11.4 Å². The molecule has 0 radical (unpaired) electrons. The van der Waals surface area contributed by atoms with Crippen LogP contribution < -0.4 is 10.2 Å². The molecule has 0 atom stereocenters. The molecule has 2 heterocycles. The number of benzene rings is 1. The van der Waals surface area contributed by atoms with Crippen LogP contribution in [0.15, 0.2) is 41.3 Å². The Morgan fingerprint density at radius 1 is 1.26 bits per heavy atom. The molecule has 2 amide bonds.